The number of benzene rings is 2. The first kappa shape index (κ1) is 20.5. The molecular weight excluding hydrogens is 373 g/mol. The number of hydrogen-bond acceptors (Lipinski definition) is 4. The number of carbonyl (C=O) groups is 2. The zero-order valence-corrected chi connectivity index (χ0v) is 15.8. The monoisotopic (exact) mass is 391 g/mol. The summed E-state index contributed by atoms with van der Waals surface area (Å²) in [7, 11) is 1.36. The lowest BCUT2D eigenvalue weighted by atomic mass is 10.2. The second-order valence-corrected chi connectivity index (χ2v) is 6.12. The van der Waals surface area contributed by atoms with Crippen LogP contribution < -0.4 is 10.1 Å². The van der Waals surface area contributed by atoms with Gasteiger partial charge in [0.05, 0.1) is 7.11 Å². The number of carbonyl (C=O) groups excluding carboxylic acids is 2. The van der Waals surface area contributed by atoms with Crippen LogP contribution in [0.15, 0.2) is 42.5 Å². The van der Waals surface area contributed by atoms with Crippen LogP contribution >= 0.6 is 11.6 Å². The minimum Gasteiger partial charge on any atom is -0.494 e. The fourth-order valence-electron chi connectivity index (χ4n) is 2.19. The lowest BCUT2D eigenvalue weighted by Crippen LogP contribution is -2.29. The van der Waals surface area contributed by atoms with Crippen molar-refractivity contribution in [2.75, 3.05) is 12.4 Å². The predicted molar refractivity (Wildman–Crippen MR) is 102 cm³/mol. The third kappa shape index (κ3) is 5.56. The zero-order valence-electron chi connectivity index (χ0n) is 15.1. The van der Waals surface area contributed by atoms with Crippen LogP contribution in [0.2, 0.25) is 5.02 Å². The van der Waals surface area contributed by atoms with E-state index in [2.05, 4.69) is 5.32 Å². The molecule has 0 aliphatic rings. The van der Waals surface area contributed by atoms with Gasteiger partial charge in [0.15, 0.2) is 17.7 Å². The van der Waals surface area contributed by atoms with Crippen molar-refractivity contribution in [2.24, 2.45) is 0 Å². The van der Waals surface area contributed by atoms with Crippen LogP contribution in [0.3, 0.4) is 0 Å². The van der Waals surface area contributed by atoms with E-state index < -0.39 is 23.8 Å². The highest BCUT2D eigenvalue weighted by Gasteiger charge is 2.17. The van der Waals surface area contributed by atoms with E-state index >= 15 is 0 Å². The molecule has 7 heteroatoms. The molecule has 0 fully saturated rings. The minimum atomic E-state index is -1.02. The number of nitrogens with one attached hydrogen (secondary N) is 1. The average molecular weight is 392 g/mol. The molecule has 0 aliphatic carbocycles. The third-order valence-electron chi connectivity index (χ3n) is 3.78. The van der Waals surface area contributed by atoms with Crippen molar-refractivity contribution in [3.05, 3.63) is 64.4 Å². The fourth-order valence-corrected chi connectivity index (χ4v) is 2.37. The summed E-state index contributed by atoms with van der Waals surface area (Å²) >= 11 is 6.01. The zero-order chi connectivity index (χ0) is 20.0. The number of ether oxygens (including phenoxy) is 2. The highest BCUT2D eigenvalue weighted by atomic mass is 35.5. The quantitative estimate of drug-likeness (QED) is 0.586. The number of amides is 1. The van der Waals surface area contributed by atoms with E-state index in [9.17, 15) is 14.0 Å². The smallest absolute Gasteiger partial charge is 0.331 e. The van der Waals surface area contributed by atoms with Gasteiger partial charge in [-0.05, 0) is 55.3 Å². The first-order chi connectivity index (χ1) is 12.8. The van der Waals surface area contributed by atoms with E-state index in [0.29, 0.717) is 21.8 Å². The van der Waals surface area contributed by atoms with Crippen molar-refractivity contribution in [1.29, 1.82) is 0 Å². The normalized spacial score (nSPS) is 11.9. The van der Waals surface area contributed by atoms with Crippen LogP contribution in [0, 0.1) is 12.7 Å². The van der Waals surface area contributed by atoms with Crippen molar-refractivity contribution in [2.45, 2.75) is 20.0 Å². The average Bonchev–Trinajstić information content (AvgIpc) is 2.63. The van der Waals surface area contributed by atoms with Gasteiger partial charge in [-0.1, -0.05) is 23.7 Å². The Balaban J connectivity index is 1.95. The molecule has 1 amide bonds. The molecule has 5 nitrogen and oxygen atoms in total. The summed E-state index contributed by atoms with van der Waals surface area (Å²) in [5.41, 5.74) is 1.71. The van der Waals surface area contributed by atoms with Crippen LogP contribution in [-0.4, -0.2) is 25.1 Å². The Morgan fingerprint density at radius 3 is 2.67 bits per heavy atom. The molecule has 2 aromatic carbocycles. The second kappa shape index (κ2) is 9.19. The Morgan fingerprint density at radius 1 is 1.26 bits per heavy atom. The van der Waals surface area contributed by atoms with Gasteiger partial charge >= 0.3 is 5.97 Å². The van der Waals surface area contributed by atoms with Crippen LogP contribution in [-0.2, 0) is 14.3 Å². The predicted octanol–water partition coefficient (Wildman–Crippen LogP) is 4.38. The molecule has 1 atom stereocenters. The lowest BCUT2D eigenvalue weighted by molar-refractivity contribution is -0.148. The highest BCUT2D eigenvalue weighted by molar-refractivity contribution is 6.31. The van der Waals surface area contributed by atoms with Gasteiger partial charge in [-0.3, -0.25) is 4.79 Å². The molecule has 0 bridgehead atoms. The van der Waals surface area contributed by atoms with E-state index in [1.165, 1.54) is 32.2 Å². The molecule has 0 radical (unpaired) electrons. The van der Waals surface area contributed by atoms with Crippen molar-refractivity contribution in [1.82, 2.24) is 0 Å². The van der Waals surface area contributed by atoms with Crippen molar-refractivity contribution in [3.63, 3.8) is 0 Å². The molecule has 0 unspecified atom stereocenters. The van der Waals surface area contributed by atoms with Crippen LogP contribution in [0.25, 0.3) is 6.08 Å². The summed E-state index contributed by atoms with van der Waals surface area (Å²) < 4.78 is 23.5. The first-order valence-electron chi connectivity index (χ1n) is 8.10. The molecule has 0 saturated carbocycles. The van der Waals surface area contributed by atoms with Gasteiger partial charge < -0.3 is 14.8 Å². The van der Waals surface area contributed by atoms with Gasteiger partial charge in [-0.15, -0.1) is 0 Å². The Morgan fingerprint density at radius 2 is 2.00 bits per heavy atom. The summed E-state index contributed by atoms with van der Waals surface area (Å²) in [6.45, 7) is 3.22. The van der Waals surface area contributed by atoms with Gasteiger partial charge in [0.25, 0.3) is 5.91 Å². The van der Waals surface area contributed by atoms with Crippen LogP contribution in [0.4, 0.5) is 10.1 Å². The summed E-state index contributed by atoms with van der Waals surface area (Å²) in [5, 5.41) is 3.18. The van der Waals surface area contributed by atoms with E-state index in [-0.39, 0.29) is 5.75 Å². The maximum Gasteiger partial charge on any atom is 0.331 e. The summed E-state index contributed by atoms with van der Waals surface area (Å²) in [6, 6.07) is 9.38. The van der Waals surface area contributed by atoms with Gasteiger partial charge in [-0.25, -0.2) is 9.18 Å². The third-order valence-corrected chi connectivity index (χ3v) is 4.18. The number of anilines is 1. The Kier molecular flexibility index (Phi) is 6.96. The van der Waals surface area contributed by atoms with Gasteiger partial charge in [0, 0.05) is 16.8 Å². The van der Waals surface area contributed by atoms with E-state index in [0.717, 1.165) is 6.08 Å². The van der Waals surface area contributed by atoms with Gasteiger partial charge in [0.2, 0.25) is 0 Å². The maximum atomic E-state index is 13.6. The molecule has 2 aromatic rings. The minimum absolute atomic E-state index is 0.108. The van der Waals surface area contributed by atoms with E-state index in [4.69, 9.17) is 21.1 Å². The maximum absolute atomic E-state index is 13.6. The largest absolute Gasteiger partial charge is 0.494 e. The molecule has 0 spiro atoms. The Hall–Kier alpha value is -2.86. The summed E-state index contributed by atoms with van der Waals surface area (Å²) in [4.78, 5) is 24.1. The number of esters is 1. The van der Waals surface area contributed by atoms with E-state index in [1.807, 2.05) is 0 Å². The van der Waals surface area contributed by atoms with Crippen molar-refractivity contribution < 1.29 is 23.5 Å². The molecule has 0 aliphatic heterocycles. The van der Waals surface area contributed by atoms with Gasteiger partial charge in [-0.2, -0.15) is 0 Å². The molecule has 27 heavy (non-hydrogen) atoms. The number of hydrogen-bond donors (Lipinski definition) is 1. The number of methoxy groups -OCH3 is 1. The molecule has 0 aromatic heterocycles. The van der Waals surface area contributed by atoms with Crippen LogP contribution in [0.1, 0.15) is 18.1 Å². The van der Waals surface area contributed by atoms with E-state index in [1.54, 1.807) is 31.2 Å². The Labute approximate surface area is 161 Å². The molecule has 0 heterocycles. The van der Waals surface area contributed by atoms with Crippen molar-refractivity contribution >= 4 is 35.2 Å². The van der Waals surface area contributed by atoms with Crippen LogP contribution in [0.5, 0.6) is 5.75 Å². The summed E-state index contributed by atoms with van der Waals surface area (Å²) in [5.74, 6) is -1.65. The topological polar surface area (TPSA) is 64.6 Å². The fraction of sp³-hybridized carbons (Fsp3) is 0.200. The standard InChI is InChI=1S/C20H19ClFNO4/c1-12-15(21)5-4-6-17(12)23-20(25)13(2)27-19(24)10-8-14-7-9-18(26-3)16(22)11-14/h4-11,13H,1-3H3,(H,23,25)/b10-8+/t13-/m0/s1. The lowest BCUT2D eigenvalue weighted by Gasteiger charge is -2.14. The number of halogens is 2. The molecule has 142 valence electrons. The van der Waals surface area contributed by atoms with Crippen molar-refractivity contribution in [3.8, 4) is 5.75 Å². The molecular formula is C20H19ClFNO4. The second-order valence-electron chi connectivity index (χ2n) is 5.71. The Bertz CT molecular complexity index is 882. The van der Waals surface area contributed by atoms with Gasteiger partial charge in [0.1, 0.15) is 0 Å². The summed E-state index contributed by atoms with van der Waals surface area (Å²) in [6.07, 6.45) is 1.49. The highest BCUT2D eigenvalue weighted by Crippen LogP contribution is 2.23. The first-order valence-corrected chi connectivity index (χ1v) is 8.48. The molecule has 0 saturated heterocycles. The SMILES string of the molecule is COc1ccc(/C=C/C(=O)O[C@@H](C)C(=O)Nc2cccc(Cl)c2C)cc1F. The molecule has 2 rings (SSSR count). The number of rotatable bonds is 6. The molecule has 1 N–H and O–H groups in total.